The van der Waals surface area contributed by atoms with Gasteiger partial charge in [-0.2, -0.15) is 0 Å². The molecule has 1 aromatic rings. The third-order valence-electron chi connectivity index (χ3n) is 3.07. The van der Waals surface area contributed by atoms with Crippen LogP contribution in [0.4, 0.5) is 8.78 Å². The summed E-state index contributed by atoms with van der Waals surface area (Å²) in [5, 5.41) is 3.25. The minimum atomic E-state index is -0.538. The molecule has 1 saturated carbocycles. The van der Waals surface area contributed by atoms with Crippen molar-refractivity contribution in [3.05, 3.63) is 35.4 Å². The van der Waals surface area contributed by atoms with E-state index in [0.29, 0.717) is 18.2 Å². The smallest absolute Gasteiger partial charge is 0.130 e. The third-order valence-corrected chi connectivity index (χ3v) is 3.07. The van der Waals surface area contributed by atoms with Crippen LogP contribution in [0.3, 0.4) is 0 Å². The van der Waals surface area contributed by atoms with Gasteiger partial charge in [0.1, 0.15) is 11.6 Å². The van der Waals surface area contributed by atoms with Crippen LogP contribution in [0.5, 0.6) is 0 Å². The Balaban J connectivity index is 1.89. The molecule has 1 fully saturated rings. The summed E-state index contributed by atoms with van der Waals surface area (Å²) in [5.74, 6) is -1.03. The standard InChI is InChI=1S/C12H16F2N2/c13-9-2-1-8(12(14)5-9)7-16-11-4-3-10(15)6-11/h1-2,5,10-11,16H,3-4,6-7,15H2. The lowest BCUT2D eigenvalue weighted by Gasteiger charge is -2.12. The maximum Gasteiger partial charge on any atom is 0.130 e. The van der Waals surface area contributed by atoms with E-state index in [-0.39, 0.29) is 6.04 Å². The van der Waals surface area contributed by atoms with Crippen molar-refractivity contribution in [2.24, 2.45) is 5.73 Å². The molecule has 2 atom stereocenters. The molecule has 1 aromatic carbocycles. The summed E-state index contributed by atoms with van der Waals surface area (Å²) in [7, 11) is 0. The van der Waals surface area contributed by atoms with Crippen molar-refractivity contribution >= 4 is 0 Å². The van der Waals surface area contributed by atoms with E-state index in [1.165, 1.54) is 12.1 Å². The van der Waals surface area contributed by atoms with Gasteiger partial charge in [0.2, 0.25) is 0 Å². The van der Waals surface area contributed by atoms with Gasteiger partial charge in [-0.15, -0.1) is 0 Å². The van der Waals surface area contributed by atoms with Gasteiger partial charge in [-0.1, -0.05) is 6.07 Å². The molecule has 0 amide bonds. The predicted octanol–water partition coefficient (Wildman–Crippen LogP) is 1.93. The second-order valence-corrected chi connectivity index (χ2v) is 4.39. The van der Waals surface area contributed by atoms with Crippen molar-refractivity contribution in [2.75, 3.05) is 0 Å². The van der Waals surface area contributed by atoms with E-state index in [1.54, 1.807) is 0 Å². The summed E-state index contributed by atoms with van der Waals surface area (Å²) >= 11 is 0. The number of hydrogen-bond donors (Lipinski definition) is 2. The molecule has 2 nitrogen and oxygen atoms in total. The summed E-state index contributed by atoms with van der Waals surface area (Å²) in [5.41, 5.74) is 6.28. The zero-order valence-electron chi connectivity index (χ0n) is 9.05. The van der Waals surface area contributed by atoms with Crippen LogP contribution in [0, 0.1) is 11.6 Å². The van der Waals surface area contributed by atoms with Gasteiger partial charge in [0, 0.05) is 30.3 Å². The fourth-order valence-electron chi connectivity index (χ4n) is 2.12. The van der Waals surface area contributed by atoms with Gasteiger partial charge in [-0.05, 0) is 25.3 Å². The highest BCUT2D eigenvalue weighted by molar-refractivity contribution is 5.18. The van der Waals surface area contributed by atoms with Crippen LogP contribution in [-0.2, 0) is 6.54 Å². The summed E-state index contributed by atoms with van der Waals surface area (Å²) in [6.45, 7) is 0.434. The lowest BCUT2D eigenvalue weighted by Crippen LogP contribution is -2.28. The molecule has 0 radical (unpaired) electrons. The topological polar surface area (TPSA) is 38.0 Å². The average molecular weight is 226 g/mol. The SMILES string of the molecule is NC1CCC(NCc2ccc(F)cc2F)C1. The molecule has 4 heteroatoms. The molecular formula is C12H16F2N2. The van der Waals surface area contributed by atoms with Crippen molar-refractivity contribution < 1.29 is 8.78 Å². The molecule has 2 unspecified atom stereocenters. The second kappa shape index (κ2) is 4.89. The van der Waals surface area contributed by atoms with E-state index in [1.807, 2.05) is 0 Å². The molecule has 0 spiro atoms. The molecule has 0 aromatic heterocycles. The Hall–Kier alpha value is -1.00. The molecule has 0 aliphatic heterocycles. The number of rotatable bonds is 3. The average Bonchev–Trinajstić information content (AvgIpc) is 2.63. The van der Waals surface area contributed by atoms with Gasteiger partial charge in [0.25, 0.3) is 0 Å². The Morgan fingerprint density at radius 2 is 2.12 bits per heavy atom. The molecule has 16 heavy (non-hydrogen) atoms. The maximum atomic E-state index is 13.3. The molecule has 0 bridgehead atoms. The number of halogens is 2. The third kappa shape index (κ3) is 2.77. The van der Waals surface area contributed by atoms with Gasteiger partial charge >= 0.3 is 0 Å². The fourth-order valence-corrected chi connectivity index (χ4v) is 2.12. The molecule has 1 aliphatic rings. The van der Waals surface area contributed by atoms with Crippen LogP contribution in [0.25, 0.3) is 0 Å². The first kappa shape index (κ1) is 11.5. The first-order valence-corrected chi connectivity index (χ1v) is 5.58. The van der Waals surface area contributed by atoms with E-state index in [0.717, 1.165) is 25.3 Å². The van der Waals surface area contributed by atoms with Crippen LogP contribution in [0.15, 0.2) is 18.2 Å². The van der Waals surface area contributed by atoms with Crippen molar-refractivity contribution in [1.29, 1.82) is 0 Å². The lowest BCUT2D eigenvalue weighted by atomic mass is 10.2. The number of nitrogens with one attached hydrogen (secondary N) is 1. The Morgan fingerprint density at radius 3 is 2.75 bits per heavy atom. The molecule has 88 valence electrons. The van der Waals surface area contributed by atoms with Crippen LogP contribution in [0.1, 0.15) is 24.8 Å². The minimum Gasteiger partial charge on any atom is -0.328 e. The number of nitrogens with two attached hydrogens (primary N) is 1. The van der Waals surface area contributed by atoms with E-state index in [4.69, 9.17) is 5.73 Å². The van der Waals surface area contributed by atoms with E-state index < -0.39 is 11.6 Å². The number of hydrogen-bond acceptors (Lipinski definition) is 2. The summed E-state index contributed by atoms with van der Waals surface area (Å²) in [6, 6.07) is 4.29. The summed E-state index contributed by atoms with van der Waals surface area (Å²) in [6.07, 6.45) is 2.98. The molecule has 0 saturated heterocycles. The van der Waals surface area contributed by atoms with Crippen molar-refractivity contribution in [3.63, 3.8) is 0 Å². The number of benzene rings is 1. The van der Waals surface area contributed by atoms with E-state index >= 15 is 0 Å². The van der Waals surface area contributed by atoms with Crippen LogP contribution in [-0.4, -0.2) is 12.1 Å². The Morgan fingerprint density at radius 1 is 1.31 bits per heavy atom. The zero-order valence-corrected chi connectivity index (χ0v) is 9.05. The van der Waals surface area contributed by atoms with Gasteiger partial charge in [-0.25, -0.2) is 8.78 Å². The van der Waals surface area contributed by atoms with E-state index in [2.05, 4.69) is 5.32 Å². The normalized spacial score (nSPS) is 24.9. The Kier molecular flexibility index (Phi) is 3.51. The van der Waals surface area contributed by atoms with Gasteiger partial charge in [0.05, 0.1) is 0 Å². The van der Waals surface area contributed by atoms with Crippen molar-refractivity contribution in [1.82, 2.24) is 5.32 Å². The second-order valence-electron chi connectivity index (χ2n) is 4.39. The first-order valence-electron chi connectivity index (χ1n) is 5.58. The van der Waals surface area contributed by atoms with E-state index in [9.17, 15) is 8.78 Å². The van der Waals surface area contributed by atoms with Crippen LogP contribution in [0.2, 0.25) is 0 Å². The minimum absolute atomic E-state index is 0.260. The predicted molar refractivity (Wildman–Crippen MR) is 58.8 cm³/mol. The van der Waals surface area contributed by atoms with Crippen LogP contribution < -0.4 is 11.1 Å². The summed E-state index contributed by atoms with van der Waals surface area (Å²) in [4.78, 5) is 0. The molecule has 2 rings (SSSR count). The van der Waals surface area contributed by atoms with Crippen molar-refractivity contribution in [3.8, 4) is 0 Å². The largest absolute Gasteiger partial charge is 0.328 e. The molecule has 1 aliphatic carbocycles. The van der Waals surface area contributed by atoms with Crippen molar-refractivity contribution in [2.45, 2.75) is 37.9 Å². The fraction of sp³-hybridized carbons (Fsp3) is 0.500. The van der Waals surface area contributed by atoms with Gasteiger partial charge in [0.15, 0.2) is 0 Å². The van der Waals surface area contributed by atoms with Gasteiger partial charge in [-0.3, -0.25) is 0 Å². The van der Waals surface area contributed by atoms with Crippen LogP contribution >= 0.6 is 0 Å². The highest BCUT2D eigenvalue weighted by Gasteiger charge is 2.21. The zero-order chi connectivity index (χ0) is 11.5. The Bertz CT molecular complexity index is 368. The molecule has 0 heterocycles. The van der Waals surface area contributed by atoms with Gasteiger partial charge < -0.3 is 11.1 Å². The monoisotopic (exact) mass is 226 g/mol. The lowest BCUT2D eigenvalue weighted by molar-refractivity contribution is 0.499. The molecular weight excluding hydrogens is 210 g/mol. The first-order chi connectivity index (χ1) is 7.65. The molecule has 3 N–H and O–H groups in total. The highest BCUT2D eigenvalue weighted by Crippen LogP contribution is 2.18. The maximum absolute atomic E-state index is 13.3. The highest BCUT2D eigenvalue weighted by atomic mass is 19.1. The summed E-state index contributed by atoms with van der Waals surface area (Å²) < 4.78 is 26.0. The Labute approximate surface area is 93.8 Å². The quantitative estimate of drug-likeness (QED) is 0.826.